The summed E-state index contributed by atoms with van der Waals surface area (Å²) in [6, 6.07) is 2.32. The summed E-state index contributed by atoms with van der Waals surface area (Å²) in [6.07, 6.45) is 8.23. The molecule has 0 heterocycles. The van der Waals surface area contributed by atoms with Crippen LogP contribution in [-0.2, 0) is 0 Å². The molecule has 4 nitrogen and oxygen atoms in total. The van der Waals surface area contributed by atoms with E-state index in [9.17, 15) is 5.11 Å². The highest BCUT2D eigenvalue weighted by molar-refractivity contribution is 5.61. The van der Waals surface area contributed by atoms with Gasteiger partial charge in [-0.25, -0.2) is 0 Å². The van der Waals surface area contributed by atoms with Crippen LogP contribution in [0.3, 0.4) is 0 Å². The minimum atomic E-state index is -1.11. The second-order valence-corrected chi connectivity index (χ2v) is 3.04. The third kappa shape index (κ3) is 2.51. The van der Waals surface area contributed by atoms with Crippen LogP contribution in [-0.4, -0.2) is 29.6 Å². The van der Waals surface area contributed by atoms with Crippen molar-refractivity contribution in [2.75, 3.05) is 6.54 Å². The predicted octanol–water partition coefficient (Wildman–Crippen LogP) is -1.28. The maximum absolute atomic E-state index is 9.81. The van der Waals surface area contributed by atoms with Crippen LogP contribution in [0.4, 0.5) is 0 Å². The highest BCUT2D eigenvalue weighted by atomic mass is 16.3. The lowest BCUT2D eigenvalue weighted by atomic mass is 10.00. The van der Waals surface area contributed by atoms with Crippen LogP contribution in [0.5, 0.6) is 0 Å². The second kappa shape index (κ2) is 3.99. The molecule has 0 amide bonds. The van der Waals surface area contributed by atoms with E-state index in [1.807, 2.05) is 0 Å². The van der Waals surface area contributed by atoms with Gasteiger partial charge in [-0.3, -0.25) is 5.41 Å². The molecular weight excluding hydrogens is 166 g/mol. The lowest BCUT2D eigenvalue weighted by Gasteiger charge is -2.17. The number of hydrogen-bond acceptors (Lipinski definition) is 2. The molecule has 0 aromatic rings. The number of aliphatic hydroxyl groups is 1. The first-order valence-corrected chi connectivity index (χ1v) is 4.08. The number of rotatable bonds is 4. The molecule has 0 radical (unpaired) electrons. The van der Waals surface area contributed by atoms with Gasteiger partial charge in [0, 0.05) is 10.9 Å². The van der Waals surface area contributed by atoms with Crippen molar-refractivity contribution in [2.45, 2.75) is 18.4 Å². The molecule has 1 atom stereocenters. The standard InChI is InChI=1S/C9H11N3O/c1-2-9(13,8-3-4-8)5-11-7-12-6-10/h1,6,8,10,13H,3-5H2/p+1. The Balaban J connectivity index is 2.54. The lowest BCUT2D eigenvalue weighted by molar-refractivity contribution is -0.106. The Labute approximate surface area is 76.9 Å². The monoisotopic (exact) mass is 178 g/mol. The molecule has 1 saturated carbocycles. The number of nitrogens with zero attached hydrogens (tertiary/aromatic N) is 2. The van der Waals surface area contributed by atoms with Crippen molar-refractivity contribution >= 4 is 12.3 Å². The Bertz CT molecular complexity index is 294. The van der Waals surface area contributed by atoms with E-state index in [2.05, 4.69) is 21.9 Å². The van der Waals surface area contributed by atoms with Gasteiger partial charge in [0.2, 0.25) is 6.01 Å². The summed E-state index contributed by atoms with van der Waals surface area (Å²) in [4.78, 5) is 7.19. The van der Waals surface area contributed by atoms with E-state index >= 15 is 0 Å². The molecule has 1 rings (SSSR count). The van der Waals surface area contributed by atoms with Gasteiger partial charge in [-0.1, -0.05) is 5.92 Å². The molecule has 3 N–H and O–H groups in total. The van der Waals surface area contributed by atoms with Crippen LogP contribution in [0.2, 0.25) is 0 Å². The third-order valence-electron chi connectivity index (χ3n) is 2.03. The first kappa shape index (κ1) is 9.66. The Morgan fingerprint density at radius 2 is 2.38 bits per heavy atom. The Morgan fingerprint density at radius 1 is 1.69 bits per heavy atom. The molecule has 4 heteroatoms. The molecule has 68 valence electrons. The molecule has 0 bridgehead atoms. The maximum atomic E-state index is 9.81. The summed E-state index contributed by atoms with van der Waals surface area (Å²) < 4.78 is 0. The van der Waals surface area contributed by atoms with Crippen molar-refractivity contribution in [3.8, 4) is 12.3 Å². The van der Waals surface area contributed by atoms with E-state index in [-0.39, 0.29) is 12.5 Å². The van der Waals surface area contributed by atoms with Crippen LogP contribution in [0.1, 0.15) is 12.8 Å². The minimum absolute atomic E-state index is 0.144. The van der Waals surface area contributed by atoms with Gasteiger partial charge in [-0.2, -0.15) is 4.99 Å². The summed E-state index contributed by atoms with van der Waals surface area (Å²) in [5.74, 6) is 2.54. The van der Waals surface area contributed by atoms with Gasteiger partial charge in [0.05, 0.1) is 6.54 Å². The molecular formula is C9H12N3O+. The molecule has 13 heavy (non-hydrogen) atoms. The summed E-state index contributed by atoms with van der Waals surface area (Å²) in [6.45, 7) is 0.144. The molecule has 0 aromatic carbocycles. The normalized spacial score (nSPS) is 19.1. The van der Waals surface area contributed by atoms with Crippen molar-refractivity contribution < 1.29 is 10.5 Å². The van der Waals surface area contributed by atoms with E-state index in [4.69, 9.17) is 11.8 Å². The van der Waals surface area contributed by atoms with E-state index in [1.54, 1.807) is 0 Å². The van der Waals surface area contributed by atoms with Crippen LogP contribution in [0, 0.1) is 18.3 Å². The van der Waals surface area contributed by atoms with Gasteiger partial charge < -0.3 is 5.11 Å². The molecule has 1 aliphatic carbocycles. The summed E-state index contributed by atoms with van der Waals surface area (Å²) >= 11 is 0. The molecule has 0 aromatic heterocycles. The third-order valence-corrected chi connectivity index (χ3v) is 2.03. The Morgan fingerprint density at radius 3 is 2.85 bits per heavy atom. The van der Waals surface area contributed by atoms with Gasteiger partial charge >= 0.3 is 0 Å². The fraction of sp³-hybridized carbons (Fsp3) is 0.556. The Hall–Kier alpha value is -1.43. The van der Waals surface area contributed by atoms with E-state index in [0.29, 0.717) is 0 Å². The zero-order chi connectivity index (χ0) is 9.73. The van der Waals surface area contributed by atoms with Gasteiger partial charge in [-0.15, -0.1) is 6.42 Å². The smallest absolute Gasteiger partial charge is 0.289 e. The fourth-order valence-electron chi connectivity index (χ4n) is 1.08. The zero-order valence-corrected chi connectivity index (χ0v) is 7.27. The second-order valence-electron chi connectivity index (χ2n) is 3.04. The minimum Gasteiger partial charge on any atom is -0.375 e. The van der Waals surface area contributed by atoms with Crippen LogP contribution >= 0.6 is 0 Å². The average Bonchev–Trinajstić information content (AvgIpc) is 2.95. The summed E-state index contributed by atoms with van der Waals surface area (Å²) in [5, 5.41) is 14.8. The maximum Gasteiger partial charge on any atom is 0.289 e. The van der Waals surface area contributed by atoms with Crippen molar-refractivity contribution in [3.05, 3.63) is 0 Å². The highest BCUT2D eigenvalue weighted by Crippen LogP contribution is 2.39. The fourth-order valence-corrected chi connectivity index (χ4v) is 1.08. The predicted molar refractivity (Wildman–Crippen MR) is 49.2 cm³/mol. The number of aliphatic imine (C=N–C) groups is 2. The molecule has 0 saturated heterocycles. The van der Waals surface area contributed by atoms with Crippen molar-refractivity contribution in [1.82, 2.24) is 0 Å². The van der Waals surface area contributed by atoms with E-state index in [0.717, 1.165) is 19.2 Å². The summed E-state index contributed by atoms with van der Waals surface area (Å²) in [7, 11) is 0. The van der Waals surface area contributed by atoms with Crippen molar-refractivity contribution in [2.24, 2.45) is 15.9 Å². The molecule has 0 aliphatic heterocycles. The topological polar surface area (TPSA) is 70.5 Å². The summed E-state index contributed by atoms with van der Waals surface area (Å²) in [5.41, 5.74) is -1.11. The first-order chi connectivity index (χ1) is 6.23. The van der Waals surface area contributed by atoms with Crippen LogP contribution in [0.25, 0.3) is 0 Å². The van der Waals surface area contributed by atoms with E-state index in [1.165, 1.54) is 0 Å². The zero-order valence-electron chi connectivity index (χ0n) is 7.27. The lowest BCUT2D eigenvalue weighted by Crippen LogP contribution is -2.32. The van der Waals surface area contributed by atoms with Gasteiger partial charge in [0.25, 0.3) is 6.34 Å². The largest absolute Gasteiger partial charge is 0.375 e. The van der Waals surface area contributed by atoms with Gasteiger partial charge in [0.15, 0.2) is 0 Å². The van der Waals surface area contributed by atoms with Crippen molar-refractivity contribution in [3.63, 3.8) is 0 Å². The first-order valence-electron chi connectivity index (χ1n) is 4.08. The van der Waals surface area contributed by atoms with Crippen LogP contribution in [0.15, 0.2) is 9.98 Å². The number of nitrogens with two attached hydrogens (primary N) is 1. The number of hydrogen-bond donors (Lipinski definition) is 2. The quantitative estimate of drug-likeness (QED) is 0.314. The average molecular weight is 178 g/mol. The van der Waals surface area contributed by atoms with E-state index < -0.39 is 5.60 Å². The molecule has 0 spiro atoms. The van der Waals surface area contributed by atoms with Gasteiger partial charge in [-0.05, 0) is 12.8 Å². The SMILES string of the molecule is C#CC(O)(CN=C=NC=[NH2+])C1CC1. The van der Waals surface area contributed by atoms with Crippen LogP contribution < -0.4 is 5.41 Å². The number of terminal acetylenes is 1. The molecule has 1 fully saturated rings. The molecule has 1 unspecified atom stereocenters. The van der Waals surface area contributed by atoms with Gasteiger partial charge in [0.1, 0.15) is 5.60 Å². The van der Waals surface area contributed by atoms with Crippen molar-refractivity contribution in [1.29, 1.82) is 0 Å². The molecule has 1 aliphatic rings. The Kier molecular flexibility index (Phi) is 2.97. The highest BCUT2D eigenvalue weighted by Gasteiger charge is 2.42.